The van der Waals surface area contributed by atoms with Crippen molar-refractivity contribution < 1.29 is 33.2 Å². The molecule has 1 aromatic rings. The predicted molar refractivity (Wildman–Crippen MR) is 116 cm³/mol. The van der Waals surface area contributed by atoms with Crippen LogP contribution in [-0.4, -0.2) is 53.0 Å². The van der Waals surface area contributed by atoms with Crippen LogP contribution in [0.5, 0.6) is 0 Å². The number of hydrogen-bond donors (Lipinski definition) is 0. The number of non-ortho nitro benzene ring substituents is 1. The van der Waals surface area contributed by atoms with E-state index in [0.717, 1.165) is 6.07 Å². The molecule has 176 valence electrons. The van der Waals surface area contributed by atoms with E-state index < -0.39 is 51.7 Å². The van der Waals surface area contributed by atoms with Crippen LogP contribution in [0.2, 0.25) is 0 Å². The smallest absolute Gasteiger partial charge is 0.410 e. The Labute approximate surface area is 193 Å². The van der Waals surface area contributed by atoms with E-state index in [1.54, 1.807) is 27.7 Å². The highest BCUT2D eigenvalue weighted by Crippen LogP contribution is 2.36. The molecule has 1 aliphatic heterocycles. The van der Waals surface area contributed by atoms with Gasteiger partial charge in [0, 0.05) is 35.1 Å². The fraction of sp³-hybridized carbons (Fsp3) is 0.571. The molecule has 0 saturated carbocycles. The highest BCUT2D eigenvalue weighted by molar-refractivity contribution is 9.10. The minimum absolute atomic E-state index is 0.0219. The van der Waals surface area contributed by atoms with Gasteiger partial charge >= 0.3 is 12.1 Å². The highest BCUT2D eigenvalue weighted by atomic mass is 79.9. The maximum Gasteiger partial charge on any atom is 0.410 e. The standard InChI is InChI=1S/C21H26BrFN2O7/c1-5-31-19(27)17(16-14(22)10-13(25(29)30)11-15(16)23)18(26)12-6-8-24(9-7-12)20(28)32-21(2,3)4/h10-12,17H,5-9H2,1-4H3. The van der Waals surface area contributed by atoms with Gasteiger partial charge in [-0.2, -0.15) is 0 Å². The van der Waals surface area contributed by atoms with Crippen molar-refractivity contribution in [3.63, 3.8) is 0 Å². The molecule has 0 radical (unpaired) electrons. The first kappa shape index (κ1) is 25.7. The molecule has 1 fully saturated rings. The summed E-state index contributed by atoms with van der Waals surface area (Å²) < 4.78 is 25.1. The third kappa shape index (κ3) is 6.24. The molecule has 1 unspecified atom stereocenters. The van der Waals surface area contributed by atoms with Crippen LogP contribution in [0.25, 0.3) is 0 Å². The zero-order chi connectivity index (χ0) is 24.2. The summed E-state index contributed by atoms with van der Waals surface area (Å²) in [5, 5.41) is 11.0. The minimum atomic E-state index is -1.58. The lowest BCUT2D eigenvalue weighted by molar-refractivity contribution is -0.385. The Hall–Kier alpha value is -2.56. The van der Waals surface area contributed by atoms with Gasteiger partial charge in [0.05, 0.1) is 17.6 Å². The second-order valence-corrected chi connectivity index (χ2v) is 9.26. The Bertz CT molecular complexity index is 885. The molecule has 2 rings (SSSR count). The van der Waals surface area contributed by atoms with E-state index in [1.807, 2.05) is 0 Å². The maximum absolute atomic E-state index is 14.8. The van der Waals surface area contributed by atoms with Crippen molar-refractivity contribution in [2.45, 2.75) is 52.1 Å². The van der Waals surface area contributed by atoms with Crippen molar-refractivity contribution in [1.29, 1.82) is 0 Å². The summed E-state index contributed by atoms with van der Waals surface area (Å²) in [6, 6.07) is 1.72. The Kier molecular flexibility index (Phi) is 8.33. The van der Waals surface area contributed by atoms with Gasteiger partial charge < -0.3 is 14.4 Å². The molecule has 9 nitrogen and oxygen atoms in total. The van der Waals surface area contributed by atoms with Gasteiger partial charge in [-0.05, 0) is 40.5 Å². The molecule has 32 heavy (non-hydrogen) atoms. The molecule has 1 aliphatic rings. The lowest BCUT2D eigenvalue weighted by Gasteiger charge is -2.33. The molecule has 0 N–H and O–H groups in total. The Morgan fingerprint density at radius 1 is 1.28 bits per heavy atom. The molecule has 1 amide bonds. The first-order chi connectivity index (χ1) is 14.9. The van der Waals surface area contributed by atoms with Crippen LogP contribution >= 0.6 is 15.9 Å². The van der Waals surface area contributed by atoms with Gasteiger partial charge in [0.15, 0.2) is 5.78 Å². The molecular formula is C21H26BrFN2O7. The Morgan fingerprint density at radius 3 is 2.34 bits per heavy atom. The monoisotopic (exact) mass is 516 g/mol. The minimum Gasteiger partial charge on any atom is -0.465 e. The summed E-state index contributed by atoms with van der Waals surface area (Å²) in [5.41, 5.74) is -1.47. The second-order valence-electron chi connectivity index (χ2n) is 8.41. The number of carbonyl (C=O) groups is 3. The maximum atomic E-state index is 14.8. The summed E-state index contributed by atoms with van der Waals surface area (Å²) in [4.78, 5) is 49.9. The van der Waals surface area contributed by atoms with Crippen LogP contribution in [0.1, 0.15) is 52.0 Å². The van der Waals surface area contributed by atoms with Crippen LogP contribution in [-0.2, 0) is 19.1 Å². The topological polar surface area (TPSA) is 116 Å². The molecule has 1 heterocycles. The van der Waals surface area contributed by atoms with Crippen LogP contribution in [0, 0.1) is 21.8 Å². The number of hydrogen-bond acceptors (Lipinski definition) is 7. The zero-order valence-corrected chi connectivity index (χ0v) is 19.9. The fourth-order valence-corrected chi connectivity index (χ4v) is 4.12. The normalized spacial score (nSPS) is 15.8. The number of halogens is 2. The van der Waals surface area contributed by atoms with Crippen LogP contribution < -0.4 is 0 Å². The summed E-state index contributed by atoms with van der Waals surface area (Å²) in [6.45, 7) is 7.27. The van der Waals surface area contributed by atoms with E-state index in [4.69, 9.17) is 9.47 Å². The number of nitro groups is 1. The summed E-state index contributed by atoms with van der Waals surface area (Å²) >= 11 is 3.06. The van der Waals surface area contributed by atoms with E-state index in [9.17, 15) is 28.9 Å². The van der Waals surface area contributed by atoms with Crippen LogP contribution in [0.3, 0.4) is 0 Å². The van der Waals surface area contributed by atoms with Gasteiger partial charge in [-0.15, -0.1) is 0 Å². The SMILES string of the molecule is CCOC(=O)C(C(=O)C1CCN(C(=O)OC(C)(C)C)CC1)c1c(F)cc([N+](=O)[O-])cc1Br. The number of nitrogens with zero attached hydrogens (tertiary/aromatic N) is 2. The number of rotatable bonds is 6. The zero-order valence-electron chi connectivity index (χ0n) is 18.4. The number of amides is 1. The van der Waals surface area contributed by atoms with Gasteiger partial charge in [0.1, 0.15) is 17.3 Å². The van der Waals surface area contributed by atoms with Crippen molar-refractivity contribution in [3.8, 4) is 0 Å². The van der Waals surface area contributed by atoms with Crippen molar-refractivity contribution in [2.24, 2.45) is 5.92 Å². The van der Waals surface area contributed by atoms with Crippen LogP contribution in [0.4, 0.5) is 14.9 Å². The van der Waals surface area contributed by atoms with Gasteiger partial charge in [-0.1, -0.05) is 15.9 Å². The van der Waals surface area contributed by atoms with Gasteiger partial charge in [-0.3, -0.25) is 19.7 Å². The van der Waals surface area contributed by atoms with Gasteiger partial charge in [-0.25, -0.2) is 9.18 Å². The van der Waals surface area contributed by atoms with Gasteiger partial charge in [0.2, 0.25) is 0 Å². The number of Topliss-reactive ketones (excluding diaryl/α,β-unsaturated/α-hetero) is 1. The Balaban J connectivity index is 2.27. The summed E-state index contributed by atoms with van der Waals surface area (Å²) in [7, 11) is 0. The summed E-state index contributed by atoms with van der Waals surface area (Å²) in [6.07, 6.45) is 0.0370. The molecule has 0 aromatic heterocycles. The summed E-state index contributed by atoms with van der Waals surface area (Å²) in [5.74, 6) is -4.74. The molecule has 0 aliphatic carbocycles. The lowest BCUT2D eigenvalue weighted by Crippen LogP contribution is -2.44. The number of esters is 1. The number of nitro benzene ring substituents is 1. The van der Waals surface area contributed by atoms with Crippen molar-refractivity contribution in [1.82, 2.24) is 4.90 Å². The number of carbonyl (C=O) groups excluding carboxylic acids is 3. The van der Waals surface area contributed by atoms with E-state index in [0.29, 0.717) is 6.07 Å². The van der Waals surface area contributed by atoms with E-state index in [1.165, 1.54) is 4.90 Å². The fourth-order valence-electron chi connectivity index (χ4n) is 3.46. The van der Waals surface area contributed by atoms with Crippen molar-refractivity contribution in [2.75, 3.05) is 19.7 Å². The molecule has 1 atom stereocenters. The number of benzene rings is 1. The molecule has 0 bridgehead atoms. The first-order valence-corrected chi connectivity index (χ1v) is 11.0. The average molecular weight is 517 g/mol. The quantitative estimate of drug-likeness (QED) is 0.238. The third-order valence-corrected chi connectivity index (χ3v) is 5.58. The lowest BCUT2D eigenvalue weighted by atomic mass is 9.82. The van der Waals surface area contributed by atoms with Crippen molar-refractivity contribution >= 4 is 39.5 Å². The number of likely N-dealkylation sites (tertiary alicyclic amines) is 1. The first-order valence-electron chi connectivity index (χ1n) is 10.2. The molecule has 11 heteroatoms. The number of piperidine rings is 1. The average Bonchev–Trinajstić information content (AvgIpc) is 2.69. The predicted octanol–water partition coefficient (Wildman–Crippen LogP) is 4.36. The van der Waals surface area contributed by atoms with Crippen molar-refractivity contribution in [3.05, 3.63) is 38.1 Å². The van der Waals surface area contributed by atoms with Gasteiger partial charge in [0.25, 0.3) is 5.69 Å². The van der Waals surface area contributed by atoms with E-state index in [-0.39, 0.29) is 42.6 Å². The molecular weight excluding hydrogens is 491 g/mol. The molecule has 1 aromatic carbocycles. The molecule has 1 saturated heterocycles. The largest absolute Gasteiger partial charge is 0.465 e. The van der Waals surface area contributed by atoms with E-state index in [2.05, 4.69) is 15.9 Å². The third-order valence-electron chi connectivity index (χ3n) is 4.92. The number of ketones is 1. The molecule has 0 spiro atoms. The number of ether oxygens (including phenoxy) is 2. The second kappa shape index (κ2) is 10.4. The van der Waals surface area contributed by atoms with Crippen LogP contribution in [0.15, 0.2) is 16.6 Å². The Morgan fingerprint density at radius 2 is 1.88 bits per heavy atom. The highest BCUT2D eigenvalue weighted by Gasteiger charge is 2.40. The van der Waals surface area contributed by atoms with E-state index >= 15 is 0 Å².